The van der Waals surface area contributed by atoms with Crippen molar-refractivity contribution in [1.82, 2.24) is 0 Å². The van der Waals surface area contributed by atoms with Gasteiger partial charge in [-0.1, -0.05) is 19.9 Å². The highest BCUT2D eigenvalue weighted by molar-refractivity contribution is 7.85. The Labute approximate surface area is 110 Å². The minimum atomic E-state index is -0.901. The van der Waals surface area contributed by atoms with Gasteiger partial charge in [0.2, 0.25) is 0 Å². The van der Waals surface area contributed by atoms with E-state index in [-0.39, 0.29) is 11.3 Å². The van der Waals surface area contributed by atoms with Crippen molar-refractivity contribution in [3.05, 3.63) is 23.8 Å². The Kier molecular flexibility index (Phi) is 4.24. The molecule has 4 nitrogen and oxygen atoms in total. The van der Waals surface area contributed by atoms with Crippen molar-refractivity contribution in [3.8, 4) is 11.5 Å². The maximum Gasteiger partial charge on any atom is 0.161 e. The van der Waals surface area contributed by atoms with Crippen molar-refractivity contribution in [2.45, 2.75) is 25.1 Å². The molecular weight excluding hydrogens is 250 g/mol. The molecule has 1 aromatic rings. The second kappa shape index (κ2) is 5.71. The Morgan fingerprint density at radius 3 is 2.61 bits per heavy atom. The zero-order chi connectivity index (χ0) is 13.1. The van der Waals surface area contributed by atoms with Gasteiger partial charge in [0.05, 0.1) is 0 Å². The van der Waals surface area contributed by atoms with E-state index in [4.69, 9.17) is 15.2 Å². The molecule has 2 rings (SSSR count). The Bertz CT molecular complexity index is 448. The third kappa shape index (κ3) is 3.03. The number of benzene rings is 1. The van der Waals surface area contributed by atoms with Crippen LogP contribution in [0.1, 0.15) is 25.5 Å². The molecule has 0 bridgehead atoms. The average molecular weight is 269 g/mol. The summed E-state index contributed by atoms with van der Waals surface area (Å²) in [5.41, 5.74) is 7.02. The smallest absolute Gasteiger partial charge is 0.161 e. The van der Waals surface area contributed by atoms with Gasteiger partial charge >= 0.3 is 0 Å². The normalized spacial score (nSPS) is 17.6. The van der Waals surface area contributed by atoms with Gasteiger partial charge in [-0.15, -0.1) is 0 Å². The van der Waals surface area contributed by atoms with Gasteiger partial charge in [-0.3, -0.25) is 4.21 Å². The zero-order valence-corrected chi connectivity index (χ0v) is 11.5. The van der Waals surface area contributed by atoms with E-state index < -0.39 is 10.8 Å². The van der Waals surface area contributed by atoms with E-state index in [0.29, 0.717) is 19.0 Å². The lowest BCUT2D eigenvalue weighted by molar-refractivity contribution is 0.171. The topological polar surface area (TPSA) is 61.6 Å². The fourth-order valence-electron chi connectivity index (χ4n) is 1.76. The highest BCUT2D eigenvalue weighted by atomic mass is 32.2. The van der Waals surface area contributed by atoms with E-state index in [9.17, 15) is 4.21 Å². The van der Waals surface area contributed by atoms with Crippen LogP contribution in [0.2, 0.25) is 0 Å². The van der Waals surface area contributed by atoms with Crippen LogP contribution in [0.5, 0.6) is 11.5 Å². The van der Waals surface area contributed by atoms with Gasteiger partial charge in [0.25, 0.3) is 0 Å². The summed E-state index contributed by atoms with van der Waals surface area (Å²) in [6.07, 6.45) is 0. The van der Waals surface area contributed by atoms with Crippen LogP contribution >= 0.6 is 0 Å². The largest absolute Gasteiger partial charge is 0.486 e. The molecule has 0 saturated heterocycles. The van der Waals surface area contributed by atoms with Gasteiger partial charge in [0.1, 0.15) is 13.2 Å². The summed E-state index contributed by atoms with van der Waals surface area (Å²) in [6, 6.07) is 5.43. The zero-order valence-electron chi connectivity index (χ0n) is 10.7. The van der Waals surface area contributed by atoms with Crippen LogP contribution < -0.4 is 15.2 Å². The minimum absolute atomic E-state index is 0.133. The Hall–Kier alpha value is -1.07. The van der Waals surface area contributed by atoms with Gasteiger partial charge in [-0.2, -0.15) is 0 Å². The SMILES string of the molecule is CC(C)S(=O)CC(N)c1ccc2c(c1)OCCO2. The number of hydrogen-bond donors (Lipinski definition) is 1. The third-order valence-electron chi connectivity index (χ3n) is 2.86. The second-order valence-electron chi connectivity index (χ2n) is 4.61. The quantitative estimate of drug-likeness (QED) is 0.902. The van der Waals surface area contributed by atoms with E-state index in [0.717, 1.165) is 17.1 Å². The van der Waals surface area contributed by atoms with Crippen molar-refractivity contribution in [2.24, 2.45) is 5.73 Å². The van der Waals surface area contributed by atoms with Crippen LogP contribution in [0.3, 0.4) is 0 Å². The molecule has 2 unspecified atom stereocenters. The highest BCUT2D eigenvalue weighted by Crippen LogP contribution is 2.32. The molecule has 18 heavy (non-hydrogen) atoms. The summed E-state index contributed by atoms with van der Waals surface area (Å²) in [4.78, 5) is 0. The number of fused-ring (bicyclic) bond motifs is 1. The molecule has 100 valence electrons. The van der Waals surface area contributed by atoms with Gasteiger partial charge in [0, 0.05) is 27.8 Å². The predicted octanol–water partition coefficient (Wildman–Crippen LogP) is 1.61. The van der Waals surface area contributed by atoms with Gasteiger partial charge < -0.3 is 15.2 Å². The summed E-state index contributed by atoms with van der Waals surface area (Å²) in [6.45, 7) is 5.01. The van der Waals surface area contributed by atoms with Crippen molar-refractivity contribution < 1.29 is 13.7 Å². The third-order valence-corrected chi connectivity index (χ3v) is 4.60. The molecule has 0 amide bonds. The van der Waals surface area contributed by atoms with Crippen LogP contribution in [0.25, 0.3) is 0 Å². The van der Waals surface area contributed by atoms with E-state index >= 15 is 0 Å². The van der Waals surface area contributed by atoms with Crippen LogP contribution in [0, 0.1) is 0 Å². The van der Waals surface area contributed by atoms with E-state index in [1.165, 1.54) is 0 Å². The molecule has 0 fully saturated rings. The maximum absolute atomic E-state index is 11.8. The molecule has 2 N–H and O–H groups in total. The number of hydrogen-bond acceptors (Lipinski definition) is 4. The molecular formula is C13H19NO3S. The molecule has 1 aliphatic heterocycles. The molecule has 5 heteroatoms. The summed E-state index contributed by atoms with van der Waals surface area (Å²) in [7, 11) is -0.901. The van der Waals surface area contributed by atoms with E-state index in [1.807, 2.05) is 32.0 Å². The fraction of sp³-hybridized carbons (Fsp3) is 0.538. The van der Waals surface area contributed by atoms with Crippen LogP contribution in [0.15, 0.2) is 18.2 Å². The molecule has 1 heterocycles. The molecule has 2 atom stereocenters. The first kappa shape index (κ1) is 13.4. The summed E-state index contributed by atoms with van der Waals surface area (Å²) in [5, 5.41) is 0.133. The summed E-state index contributed by atoms with van der Waals surface area (Å²) in [5.74, 6) is 1.95. The standard InChI is InChI=1S/C13H19NO3S/c1-9(2)18(15)8-11(14)10-3-4-12-13(7-10)17-6-5-16-12/h3-4,7,9,11H,5-6,8,14H2,1-2H3. The van der Waals surface area contributed by atoms with Crippen molar-refractivity contribution >= 4 is 10.8 Å². The van der Waals surface area contributed by atoms with E-state index in [1.54, 1.807) is 0 Å². The highest BCUT2D eigenvalue weighted by Gasteiger charge is 2.17. The van der Waals surface area contributed by atoms with E-state index in [2.05, 4.69) is 0 Å². The van der Waals surface area contributed by atoms with Crippen LogP contribution in [-0.2, 0) is 10.8 Å². The lowest BCUT2D eigenvalue weighted by Crippen LogP contribution is -2.23. The number of ether oxygens (including phenoxy) is 2. The Morgan fingerprint density at radius 1 is 1.28 bits per heavy atom. The first-order valence-electron chi connectivity index (χ1n) is 6.10. The first-order chi connectivity index (χ1) is 8.58. The molecule has 0 aliphatic carbocycles. The minimum Gasteiger partial charge on any atom is -0.486 e. The predicted molar refractivity (Wildman–Crippen MR) is 72.5 cm³/mol. The van der Waals surface area contributed by atoms with Gasteiger partial charge in [0.15, 0.2) is 11.5 Å². The molecule has 0 radical (unpaired) electrons. The van der Waals surface area contributed by atoms with Crippen molar-refractivity contribution in [1.29, 1.82) is 0 Å². The van der Waals surface area contributed by atoms with Gasteiger partial charge in [-0.25, -0.2) is 0 Å². The van der Waals surface area contributed by atoms with Gasteiger partial charge in [-0.05, 0) is 17.7 Å². The molecule has 0 spiro atoms. The lowest BCUT2D eigenvalue weighted by Gasteiger charge is -2.20. The van der Waals surface area contributed by atoms with Crippen molar-refractivity contribution in [2.75, 3.05) is 19.0 Å². The van der Waals surface area contributed by atoms with Crippen molar-refractivity contribution in [3.63, 3.8) is 0 Å². The Balaban J connectivity index is 2.11. The number of rotatable bonds is 4. The second-order valence-corrected chi connectivity index (χ2v) is 6.64. The van der Waals surface area contributed by atoms with Crippen LogP contribution in [0.4, 0.5) is 0 Å². The molecule has 1 aromatic carbocycles. The summed E-state index contributed by atoms with van der Waals surface area (Å²) < 4.78 is 22.8. The maximum atomic E-state index is 11.8. The summed E-state index contributed by atoms with van der Waals surface area (Å²) >= 11 is 0. The molecule has 0 aromatic heterocycles. The number of nitrogens with two attached hydrogens (primary N) is 1. The molecule has 0 saturated carbocycles. The molecule has 1 aliphatic rings. The average Bonchev–Trinajstić information content (AvgIpc) is 2.37. The van der Waals surface area contributed by atoms with Crippen LogP contribution in [-0.4, -0.2) is 28.4 Å². The monoisotopic (exact) mass is 269 g/mol. The Morgan fingerprint density at radius 2 is 1.94 bits per heavy atom. The lowest BCUT2D eigenvalue weighted by atomic mass is 10.1. The fourth-order valence-corrected chi connectivity index (χ4v) is 2.69. The first-order valence-corrected chi connectivity index (χ1v) is 7.48.